The molecule has 0 bridgehead atoms. The highest BCUT2D eigenvalue weighted by molar-refractivity contribution is 6.47. The van der Waals surface area contributed by atoms with Gasteiger partial charge in [-0.25, -0.2) is 0 Å². The number of unbranched alkanes of at least 4 members (excludes halogenated alkanes) is 1. The van der Waals surface area contributed by atoms with E-state index in [1.54, 1.807) is 24.3 Å². The average Bonchev–Trinajstić information content (AvgIpc) is 3.07. The van der Waals surface area contributed by atoms with E-state index >= 15 is 0 Å². The number of aliphatic hydroxyl groups excluding tert-OH is 1. The molecule has 1 saturated heterocycles. The summed E-state index contributed by atoms with van der Waals surface area (Å²) >= 11 is 12.7. The Bertz CT molecular complexity index is 1110. The van der Waals surface area contributed by atoms with Crippen molar-refractivity contribution in [3.8, 4) is 17.2 Å². The van der Waals surface area contributed by atoms with Gasteiger partial charge in [-0.15, -0.1) is 0 Å². The van der Waals surface area contributed by atoms with Crippen molar-refractivity contribution in [2.75, 3.05) is 27.9 Å². The van der Waals surface area contributed by atoms with E-state index in [1.165, 1.54) is 32.3 Å². The Morgan fingerprint density at radius 1 is 1.06 bits per heavy atom. The van der Waals surface area contributed by atoms with Gasteiger partial charge in [0.15, 0.2) is 11.5 Å². The molecule has 1 atom stereocenters. The Morgan fingerprint density at radius 3 is 2.36 bits per heavy atom. The van der Waals surface area contributed by atoms with Crippen LogP contribution in [0.4, 0.5) is 0 Å². The lowest BCUT2D eigenvalue weighted by Crippen LogP contribution is -2.30. The fourth-order valence-electron chi connectivity index (χ4n) is 3.89. The Labute approximate surface area is 202 Å². The average molecular weight is 494 g/mol. The summed E-state index contributed by atoms with van der Waals surface area (Å²) in [6.07, 6.45) is 1.52. The molecule has 0 spiro atoms. The van der Waals surface area contributed by atoms with Gasteiger partial charge in [-0.05, 0) is 30.2 Å². The quantitative estimate of drug-likeness (QED) is 0.307. The van der Waals surface area contributed by atoms with Gasteiger partial charge in [0.2, 0.25) is 0 Å². The van der Waals surface area contributed by atoms with Gasteiger partial charge in [0.25, 0.3) is 11.7 Å². The lowest BCUT2D eigenvalue weighted by molar-refractivity contribution is -0.139. The van der Waals surface area contributed by atoms with Crippen molar-refractivity contribution in [1.82, 2.24) is 4.90 Å². The number of methoxy groups -OCH3 is 3. The van der Waals surface area contributed by atoms with Crippen LogP contribution in [0.3, 0.4) is 0 Å². The summed E-state index contributed by atoms with van der Waals surface area (Å²) in [6.45, 7) is 2.34. The van der Waals surface area contributed by atoms with Gasteiger partial charge in [-0.3, -0.25) is 9.59 Å². The highest BCUT2D eigenvalue weighted by Gasteiger charge is 2.46. The molecule has 3 rings (SSSR count). The van der Waals surface area contributed by atoms with Crippen LogP contribution >= 0.6 is 23.2 Å². The smallest absolute Gasteiger partial charge is 0.295 e. The number of carbonyl (C=O) groups excluding carboxylic acids is 2. The molecule has 1 N–H and O–H groups in total. The second-order valence-electron chi connectivity index (χ2n) is 7.41. The van der Waals surface area contributed by atoms with E-state index in [-0.39, 0.29) is 32.7 Å². The van der Waals surface area contributed by atoms with Crippen molar-refractivity contribution in [3.05, 3.63) is 57.1 Å². The number of hydrogen-bond acceptors (Lipinski definition) is 6. The van der Waals surface area contributed by atoms with Gasteiger partial charge in [0.05, 0.1) is 43.5 Å². The van der Waals surface area contributed by atoms with Gasteiger partial charge in [-0.1, -0.05) is 48.7 Å². The molecule has 0 aliphatic carbocycles. The number of ether oxygens (including phenoxy) is 3. The summed E-state index contributed by atoms with van der Waals surface area (Å²) in [5.41, 5.74) is 0.616. The minimum atomic E-state index is -0.823. The zero-order valence-electron chi connectivity index (χ0n) is 18.8. The fourth-order valence-corrected chi connectivity index (χ4v) is 4.58. The number of nitrogens with zero attached hydrogens (tertiary/aromatic N) is 1. The predicted molar refractivity (Wildman–Crippen MR) is 126 cm³/mol. The molecule has 7 nitrogen and oxygen atoms in total. The predicted octanol–water partition coefficient (Wildman–Crippen LogP) is 5.24. The first-order chi connectivity index (χ1) is 15.8. The molecule has 1 fully saturated rings. The van der Waals surface area contributed by atoms with Crippen LogP contribution in [0.15, 0.2) is 35.9 Å². The first-order valence-electron chi connectivity index (χ1n) is 10.3. The van der Waals surface area contributed by atoms with Crippen molar-refractivity contribution in [1.29, 1.82) is 0 Å². The van der Waals surface area contributed by atoms with E-state index in [9.17, 15) is 14.7 Å². The summed E-state index contributed by atoms with van der Waals surface area (Å²) in [5.74, 6) is -1.15. The van der Waals surface area contributed by atoms with Crippen LogP contribution in [0.25, 0.3) is 5.76 Å². The zero-order valence-corrected chi connectivity index (χ0v) is 20.3. The van der Waals surface area contributed by atoms with E-state index in [0.29, 0.717) is 24.3 Å². The van der Waals surface area contributed by atoms with Crippen LogP contribution in [0.1, 0.15) is 36.9 Å². The van der Waals surface area contributed by atoms with E-state index in [2.05, 4.69) is 0 Å². The maximum absolute atomic E-state index is 13.2. The number of ketones is 1. The van der Waals surface area contributed by atoms with E-state index in [0.717, 1.165) is 6.42 Å². The van der Waals surface area contributed by atoms with E-state index in [4.69, 9.17) is 37.4 Å². The summed E-state index contributed by atoms with van der Waals surface area (Å²) < 4.78 is 15.9. The van der Waals surface area contributed by atoms with Gasteiger partial charge in [0, 0.05) is 6.54 Å². The Kier molecular flexibility index (Phi) is 7.76. The van der Waals surface area contributed by atoms with Crippen LogP contribution in [0, 0.1) is 0 Å². The number of carbonyl (C=O) groups is 2. The Balaban J connectivity index is 2.29. The van der Waals surface area contributed by atoms with Gasteiger partial charge in [0.1, 0.15) is 16.5 Å². The number of likely N-dealkylation sites (tertiary alicyclic amines) is 1. The molecule has 1 unspecified atom stereocenters. The third kappa shape index (κ3) is 4.48. The zero-order chi connectivity index (χ0) is 24.3. The Hall–Kier alpha value is -2.90. The highest BCUT2D eigenvalue weighted by atomic mass is 35.5. The van der Waals surface area contributed by atoms with Crippen LogP contribution in [-0.2, 0) is 9.59 Å². The van der Waals surface area contributed by atoms with E-state index < -0.39 is 23.5 Å². The molecule has 9 heteroatoms. The van der Waals surface area contributed by atoms with Gasteiger partial charge in [-0.2, -0.15) is 0 Å². The highest BCUT2D eigenvalue weighted by Crippen LogP contribution is 2.47. The lowest BCUT2D eigenvalue weighted by atomic mass is 9.94. The third-order valence-corrected chi connectivity index (χ3v) is 6.12. The molecule has 2 aromatic carbocycles. The van der Waals surface area contributed by atoms with Crippen molar-refractivity contribution >= 4 is 40.7 Å². The molecule has 2 aromatic rings. The topological polar surface area (TPSA) is 85.3 Å². The standard InChI is InChI=1S/C24H25Cl2NO6/c1-5-6-10-27-19(13-8-7-9-14(11-13)31-2)17(21(29)24(27)30)20(28)15-12-16(25)23(33-4)18(26)22(15)32-3/h7-9,11-12,19,28H,5-6,10H2,1-4H3/b20-17+. The molecule has 176 valence electrons. The summed E-state index contributed by atoms with van der Waals surface area (Å²) in [6, 6.07) is 7.59. The van der Waals surface area contributed by atoms with Gasteiger partial charge >= 0.3 is 0 Å². The summed E-state index contributed by atoms with van der Waals surface area (Å²) in [4.78, 5) is 27.6. The molecule has 0 radical (unpaired) electrons. The molecule has 1 aliphatic heterocycles. The maximum atomic E-state index is 13.2. The van der Waals surface area contributed by atoms with Crippen LogP contribution in [0.2, 0.25) is 10.0 Å². The SMILES string of the molecule is CCCCN1C(=O)C(=O)/C(=C(/O)c2cc(Cl)c(OC)c(Cl)c2OC)C1c1cccc(OC)c1. The number of benzene rings is 2. The second-order valence-corrected chi connectivity index (χ2v) is 8.19. The summed E-state index contributed by atoms with van der Waals surface area (Å²) in [7, 11) is 4.29. The first-order valence-corrected chi connectivity index (χ1v) is 11.1. The molecule has 1 aliphatic rings. The number of rotatable bonds is 8. The molecular weight excluding hydrogens is 469 g/mol. The van der Waals surface area contributed by atoms with Crippen LogP contribution < -0.4 is 14.2 Å². The molecule has 33 heavy (non-hydrogen) atoms. The third-order valence-electron chi connectivity index (χ3n) is 5.50. The number of hydrogen-bond donors (Lipinski definition) is 1. The molecule has 0 saturated carbocycles. The molecule has 1 heterocycles. The largest absolute Gasteiger partial charge is 0.507 e. The van der Waals surface area contributed by atoms with Crippen molar-refractivity contribution in [2.45, 2.75) is 25.8 Å². The van der Waals surface area contributed by atoms with Crippen LogP contribution in [0.5, 0.6) is 17.2 Å². The lowest BCUT2D eigenvalue weighted by Gasteiger charge is -2.25. The normalized spacial score (nSPS) is 17.4. The Morgan fingerprint density at radius 2 is 1.76 bits per heavy atom. The van der Waals surface area contributed by atoms with Gasteiger partial charge < -0.3 is 24.2 Å². The number of aliphatic hydroxyl groups is 1. The fraction of sp³-hybridized carbons (Fsp3) is 0.333. The van der Waals surface area contributed by atoms with Crippen LogP contribution in [-0.4, -0.2) is 49.6 Å². The number of halogens is 2. The minimum Gasteiger partial charge on any atom is -0.507 e. The number of Topliss-reactive ketones (excluding diaryl/α,β-unsaturated/α-hetero) is 1. The van der Waals surface area contributed by atoms with Crippen molar-refractivity contribution < 1.29 is 28.9 Å². The molecular formula is C24H25Cl2NO6. The van der Waals surface area contributed by atoms with Crippen molar-refractivity contribution in [2.24, 2.45) is 0 Å². The molecule has 0 aromatic heterocycles. The second kappa shape index (κ2) is 10.4. The summed E-state index contributed by atoms with van der Waals surface area (Å²) in [5, 5.41) is 11.5. The monoisotopic (exact) mass is 493 g/mol. The molecule has 1 amide bonds. The maximum Gasteiger partial charge on any atom is 0.295 e. The minimum absolute atomic E-state index is 0.0344. The van der Waals surface area contributed by atoms with Crippen molar-refractivity contribution in [3.63, 3.8) is 0 Å². The van der Waals surface area contributed by atoms with E-state index in [1.807, 2.05) is 6.92 Å². The number of amides is 1. The first kappa shape index (κ1) is 24.7.